The Hall–Kier alpha value is -3.16. The molecule has 0 spiro atoms. The van der Waals surface area contributed by atoms with Crippen molar-refractivity contribution in [2.24, 2.45) is 0 Å². The number of fused-ring (bicyclic) bond motifs is 3. The quantitative estimate of drug-likeness (QED) is 0.0927. The van der Waals surface area contributed by atoms with Gasteiger partial charge in [0.25, 0.3) is 20.6 Å². The third-order valence-corrected chi connectivity index (χ3v) is 13.9. The van der Waals surface area contributed by atoms with E-state index in [9.17, 15) is 0 Å². The van der Waals surface area contributed by atoms with E-state index in [4.69, 9.17) is 104 Å². The Bertz CT molecular complexity index is 3240. The van der Waals surface area contributed by atoms with Gasteiger partial charge in [0.2, 0.25) is 12.7 Å². The number of hydrogen-bond donors (Lipinski definition) is 1. The molecule has 0 aliphatic carbocycles. The van der Waals surface area contributed by atoms with Crippen molar-refractivity contribution in [1.29, 1.82) is 0 Å². The van der Waals surface area contributed by atoms with Crippen LogP contribution in [0.4, 0.5) is 0 Å². The molecular weight excluding hydrogens is 1360 g/mol. The number of hydrogen-bond acceptors (Lipinski definition) is 5. The Kier molecular flexibility index (Phi) is 29.7. The summed E-state index contributed by atoms with van der Waals surface area (Å²) in [5.74, 6) is 0.477. The molecule has 0 radical (unpaired) electrons. The molecule has 0 amide bonds. The molecule has 11 nitrogen and oxygen atoms in total. The zero-order valence-electron chi connectivity index (χ0n) is 43.1. The van der Waals surface area contributed by atoms with Gasteiger partial charge in [-0.15, -0.1) is 11.6 Å². The van der Waals surface area contributed by atoms with Crippen molar-refractivity contribution in [3.63, 3.8) is 0 Å². The highest BCUT2D eigenvalue weighted by molar-refractivity contribution is 14.1. The maximum Gasteiger partial charge on any atom is 0.255 e. The highest BCUT2D eigenvalue weighted by atomic mass is 127. The van der Waals surface area contributed by atoms with Crippen LogP contribution in [0.1, 0.15) is 90.6 Å². The molecule has 412 valence electrons. The van der Waals surface area contributed by atoms with Crippen molar-refractivity contribution >= 4 is 160 Å². The molecule has 0 saturated heterocycles. The van der Waals surface area contributed by atoms with E-state index in [1.54, 1.807) is 6.33 Å². The molecule has 0 unspecified atom stereocenters. The molecule has 0 aliphatic rings. The van der Waals surface area contributed by atoms with E-state index in [2.05, 4.69) is 118 Å². The lowest BCUT2D eigenvalue weighted by Gasteiger charge is -2.05. The number of pyridine rings is 3. The summed E-state index contributed by atoms with van der Waals surface area (Å²) in [6.45, 7) is 17.8. The molecule has 10 aromatic rings. The molecule has 0 aliphatic heterocycles. The summed E-state index contributed by atoms with van der Waals surface area (Å²) in [6.07, 6.45) is 6.94. The van der Waals surface area contributed by atoms with Crippen LogP contribution >= 0.6 is 127 Å². The number of halogens is 12. The third kappa shape index (κ3) is 20.4. The largest absolute Gasteiger partial charge is 1.00 e. The van der Waals surface area contributed by atoms with Crippen molar-refractivity contribution < 1.29 is 38.5 Å². The second-order valence-corrected chi connectivity index (χ2v) is 23.3. The summed E-state index contributed by atoms with van der Waals surface area (Å²) in [4.78, 5) is 23.7. The number of nitrogens with one attached hydrogen (secondary N) is 1. The minimum Gasteiger partial charge on any atom is -1.00 e. The van der Waals surface area contributed by atoms with E-state index >= 15 is 0 Å². The van der Waals surface area contributed by atoms with Crippen LogP contribution in [-0.2, 0) is 19.0 Å². The van der Waals surface area contributed by atoms with Crippen LogP contribution in [0.3, 0.4) is 0 Å². The topological polar surface area (TPSA) is 103 Å². The van der Waals surface area contributed by atoms with Crippen molar-refractivity contribution in [3.05, 3.63) is 193 Å². The molecule has 77 heavy (non-hydrogen) atoms. The van der Waals surface area contributed by atoms with Crippen molar-refractivity contribution in [2.75, 3.05) is 0 Å². The number of rotatable bonds is 8. The SMILES string of the molecule is CC(C)I.CC(C)n1c[n+](Cc2ccc3ccccc3n2)c(Cl)c1Cl.CC(C)n1c[n+](Cc2ccc3ccccc3n2)c(Cl)c1Cl.CC(C)n1cnc(Cl)c1Cl.ClCc1ccc2ccccc2n1.Clc1nc[nH]c1Cl.[Br-].[Cl-]. The Morgan fingerprint density at radius 3 is 1.13 bits per heavy atom. The van der Waals surface area contributed by atoms with Gasteiger partial charge < -0.3 is 38.9 Å². The summed E-state index contributed by atoms with van der Waals surface area (Å²) in [6, 6.07) is 37.2. The average molecular weight is 1420 g/mol. The first-order chi connectivity index (χ1) is 35.7. The Morgan fingerprint density at radius 2 is 0.857 bits per heavy atom. The summed E-state index contributed by atoms with van der Waals surface area (Å²) in [5, 5.41) is 7.23. The fourth-order valence-electron chi connectivity index (χ4n) is 6.76. The predicted octanol–water partition coefficient (Wildman–Crippen LogP) is 11.8. The molecule has 7 aromatic heterocycles. The molecule has 0 saturated carbocycles. The maximum atomic E-state index is 6.31. The molecule has 0 bridgehead atoms. The van der Waals surface area contributed by atoms with E-state index in [1.165, 1.54) is 6.33 Å². The van der Waals surface area contributed by atoms with Crippen LogP contribution in [0.2, 0.25) is 41.2 Å². The number of para-hydroxylation sites is 3. The zero-order chi connectivity index (χ0) is 54.9. The lowest BCUT2D eigenvalue weighted by Crippen LogP contribution is -3.00. The number of aromatic nitrogens is 11. The lowest BCUT2D eigenvalue weighted by atomic mass is 10.2. The highest BCUT2D eigenvalue weighted by Crippen LogP contribution is 2.25. The number of nitrogens with zero attached hydrogens (tertiary/aromatic N) is 10. The molecular formula is C54H57BrCl10IN11. The van der Waals surface area contributed by atoms with Gasteiger partial charge >= 0.3 is 0 Å². The number of alkyl halides is 2. The number of H-pyrrole nitrogens is 1. The van der Waals surface area contributed by atoms with Crippen LogP contribution in [-0.4, -0.2) is 47.5 Å². The second-order valence-electron chi connectivity index (χ2n) is 17.6. The first-order valence-corrected chi connectivity index (χ1v) is 28.4. The standard InChI is InChI=1S/2C16H16Cl2N3.C10H8ClN.C6H8Cl2N2.C3H2Cl2N2.C3H7I.BrH.ClH/c2*1-11(2)21-10-20(15(17)16(21)18)9-13-8-7-12-5-3-4-6-14(12)19-13;11-7-9-6-5-8-3-1-2-4-10(8)12-9;1-4(2)10-3-9-5(7)6(10)8;4-2-3(5)7-1-6-2;1-3(2)4;;/h2*3-8,10-11H,9H2,1-2H3;1-6H,7H2;3-4H,1-2H3;1H,(H,6,7);3H,1-2H3;2*1H/q2*+1;;;;;;/p-2. The van der Waals surface area contributed by atoms with E-state index < -0.39 is 0 Å². The molecule has 3 aromatic carbocycles. The molecule has 7 heterocycles. The first kappa shape index (κ1) is 68.1. The van der Waals surface area contributed by atoms with E-state index in [0.29, 0.717) is 66.2 Å². The summed E-state index contributed by atoms with van der Waals surface area (Å²) < 4.78 is 10.3. The highest BCUT2D eigenvalue weighted by Gasteiger charge is 2.24. The number of aromatic amines is 1. The van der Waals surface area contributed by atoms with Crippen LogP contribution in [0, 0.1) is 0 Å². The summed E-state index contributed by atoms with van der Waals surface area (Å²) >= 11 is 55.3. The summed E-state index contributed by atoms with van der Waals surface area (Å²) in [5.41, 5.74) is 5.82. The molecule has 0 atom stereocenters. The van der Waals surface area contributed by atoms with Gasteiger partial charge in [0.15, 0.2) is 10.3 Å². The van der Waals surface area contributed by atoms with Crippen molar-refractivity contribution in [2.45, 2.75) is 96.4 Å². The lowest BCUT2D eigenvalue weighted by molar-refractivity contribution is -0.686. The van der Waals surface area contributed by atoms with Crippen molar-refractivity contribution in [3.8, 4) is 0 Å². The van der Waals surface area contributed by atoms with Gasteiger partial charge in [0, 0.05) is 26.1 Å². The molecule has 1 N–H and O–H groups in total. The molecule has 10 rings (SSSR count). The normalized spacial score (nSPS) is 10.6. The Balaban J connectivity index is 0.000000259. The summed E-state index contributed by atoms with van der Waals surface area (Å²) in [7, 11) is 0. The minimum absolute atomic E-state index is 0. The Labute approximate surface area is 525 Å². The van der Waals surface area contributed by atoms with E-state index in [0.717, 1.165) is 53.7 Å². The second kappa shape index (κ2) is 33.6. The maximum absolute atomic E-state index is 6.31. The molecule has 23 heteroatoms. The van der Waals surface area contributed by atoms with Gasteiger partial charge in [0.1, 0.15) is 23.4 Å². The van der Waals surface area contributed by atoms with Crippen LogP contribution in [0.5, 0.6) is 0 Å². The Morgan fingerprint density at radius 1 is 0.494 bits per heavy atom. The third-order valence-electron chi connectivity index (χ3n) is 10.5. The van der Waals surface area contributed by atoms with Gasteiger partial charge in [0.05, 0.1) is 64.3 Å². The van der Waals surface area contributed by atoms with E-state index in [-0.39, 0.29) is 41.5 Å². The van der Waals surface area contributed by atoms with Gasteiger partial charge in [-0.25, -0.2) is 38.2 Å². The van der Waals surface area contributed by atoms with Gasteiger partial charge in [-0.2, -0.15) is 0 Å². The smallest absolute Gasteiger partial charge is 0.255 e. The van der Waals surface area contributed by atoms with Crippen LogP contribution in [0.25, 0.3) is 32.7 Å². The number of benzene rings is 3. The van der Waals surface area contributed by atoms with Gasteiger partial charge in [-0.1, -0.05) is 156 Å². The van der Waals surface area contributed by atoms with E-state index in [1.807, 2.05) is 134 Å². The predicted molar refractivity (Wildman–Crippen MR) is 323 cm³/mol. The van der Waals surface area contributed by atoms with Gasteiger partial charge in [-0.3, -0.25) is 4.98 Å². The zero-order valence-corrected chi connectivity index (χ0v) is 54.4. The number of imidazole rings is 4. The average Bonchev–Trinajstić information content (AvgIpc) is 4.11. The fraction of sp³-hybridized carbons (Fsp3) is 0.278. The van der Waals surface area contributed by atoms with Crippen LogP contribution in [0.15, 0.2) is 135 Å². The first-order valence-electron chi connectivity index (χ1n) is 23.6. The fourth-order valence-corrected chi connectivity index (χ4v) is 8.64. The molecule has 0 fully saturated rings. The minimum atomic E-state index is 0. The van der Waals surface area contributed by atoms with Gasteiger partial charge in [-0.05, 0) is 124 Å². The monoisotopic (exact) mass is 1410 g/mol. The van der Waals surface area contributed by atoms with Crippen molar-refractivity contribution in [1.82, 2.24) is 43.6 Å². The van der Waals surface area contributed by atoms with Crippen LogP contribution < -0.4 is 38.5 Å².